The van der Waals surface area contributed by atoms with Gasteiger partial charge in [0.25, 0.3) is 0 Å². The smallest absolute Gasteiger partial charge is 0.220 e. The quantitative estimate of drug-likeness (QED) is 0.784. The van der Waals surface area contributed by atoms with Gasteiger partial charge in [-0.3, -0.25) is 4.79 Å². The summed E-state index contributed by atoms with van der Waals surface area (Å²) in [5.41, 5.74) is 0.845. The van der Waals surface area contributed by atoms with Gasteiger partial charge in [0, 0.05) is 18.9 Å². The van der Waals surface area contributed by atoms with Crippen LogP contribution < -0.4 is 5.32 Å². The van der Waals surface area contributed by atoms with Crippen molar-refractivity contribution in [3.8, 4) is 0 Å². The number of furan rings is 1. The highest BCUT2D eigenvalue weighted by atomic mass is 35.5. The van der Waals surface area contributed by atoms with Gasteiger partial charge in [0.15, 0.2) is 0 Å². The van der Waals surface area contributed by atoms with Gasteiger partial charge in [0.1, 0.15) is 11.9 Å². The number of nitrogens with one attached hydrogen (secondary N) is 1. The van der Waals surface area contributed by atoms with Crippen LogP contribution in [0.3, 0.4) is 0 Å². The molecule has 1 amide bonds. The molecule has 2 atom stereocenters. The van der Waals surface area contributed by atoms with Crippen molar-refractivity contribution in [3.63, 3.8) is 0 Å². The minimum Gasteiger partial charge on any atom is -0.467 e. The van der Waals surface area contributed by atoms with Crippen molar-refractivity contribution in [3.05, 3.63) is 58.0 Å². The number of amides is 1. The van der Waals surface area contributed by atoms with Crippen molar-refractivity contribution in [1.29, 1.82) is 0 Å². The molecule has 0 aliphatic heterocycles. The van der Waals surface area contributed by atoms with Gasteiger partial charge in [-0.25, -0.2) is 0 Å². The molecule has 1 heterocycles. The van der Waals surface area contributed by atoms with E-state index in [4.69, 9.17) is 27.6 Å². The first-order chi connectivity index (χ1) is 11.0. The lowest BCUT2D eigenvalue weighted by Gasteiger charge is -2.17. The second-order valence-electron chi connectivity index (χ2n) is 5.45. The monoisotopic (exact) mass is 355 g/mol. The van der Waals surface area contributed by atoms with Crippen molar-refractivity contribution < 1.29 is 14.3 Å². The summed E-state index contributed by atoms with van der Waals surface area (Å²) in [6, 6.07) is 8.63. The van der Waals surface area contributed by atoms with Crippen molar-refractivity contribution >= 4 is 29.1 Å². The maximum atomic E-state index is 12.0. The number of aryl methyl sites for hydroxylation is 1. The van der Waals surface area contributed by atoms with Gasteiger partial charge < -0.3 is 14.8 Å². The fourth-order valence-corrected chi connectivity index (χ4v) is 2.74. The lowest BCUT2D eigenvalue weighted by Crippen LogP contribution is -2.33. The lowest BCUT2D eigenvalue weighted by molar-refractivity contribution is -0.121. The van der Waals surface area contributed by atoms with E-state index in [1.807, 2.05) is 19.1 Å². The maximum absolute atomic E-state index is 12.0. The van der Waals surface area contributed by atoms with E-state index in [0.29, 0.717) is 35.1 Å². The summed E-state index contributed by atoms with van der Waals surface area (Å²) in [6.07, 6.45) is 1.98. The van der Waals surface area contributed by atoms with Gasteiger partial charge in [-0.05, 0) is 37.1 Å². The standard InChI is InChI=1S/C17H19Cl2NO3/c1-11(10-14(21)15-6-3-9-23-15)20-16(22)8-7-12-4-2-5-13(18)17(12)19/h2-6,9,11,14,21H,7-8,10H2,1H3,(H,20,22)/t11-,14+/m0/s1. The van der Waals surface area contributed by atoms with Gasteiger partial charge in [0.2, 0.25) is 5.91 Å². The number of aliphatic hydroxyl groups excluding tert-OH is 1. The van der Waals surface area contributed by atoms with E-state index in [1.54, 1.807) is 18.2 Å². The van der Waals surface area contributed by atoms with Gasteiger partial charge in [-0.2, -0.15) is 0 Å². The average Bonchev–Trinajstić information content (AvgIpc) is 3.03. The lowest BCUT2D eigenvalue weighted by atomic mass is 10.1. The highest BCUT2D eigenvalue weighted by molar-refractivity contribution is 6.42. The van der Waals surface area contributed by atoms with E-state index in [-0.39, 0.29) is 11.9 Å². The van der Waals surface area contributed by atoms with Crippen LogP contribution in [0.4, 0.5) is 0 Å². The molecule has 6 heteroatoms. The predicted molar refractivity (Wildman–Crippen MR) is 90.7 cm³/mol. The Hall–Kier alpha value is -1.49. The van der Waals surface area contributed by atoms with Gasteiger partial charge in [0.05, 0.1) is 16.3 Å². The molecule has 0 bridgehead atoms. The van der Waals surface area contributed by atoms with Gasteiger partial charge in [-0.1, -0.05) is 35.3 Å². The summed E-state index contributed by atoms with van der Waals surface area (Å²) in [5.74, 6) is 0.400. The Morgan fingerprint density at radius 1 is 1.30 bits per heavy atom. The molecule has 0 saturated carbocycles. The van der Waals surface area contributed by atoms with Crippen LogP contribution in [0.1, 0.15) is 37.2 Å². The third-order valence-electron chi connectivity index (χ3n) is 3.51. The molecule has 23 heavy (non-hydrogen) atoms. The van der Waals surface area contributed by atoms with Crippen LogP contribution in [-0.4, -0.2) is 17.1 Å². The topological polar surface area (TPSA) is 62.5 Å². The second-order valence-corrected chi connectivity index (χ2v) is 6.23. The largest absolute Gasteiger partial charge is 0.467 e. The first-order valence-corrected chi connectivity index (χ1v) is 8.16. The van der Waals surface area contributed by atoms with Crippen LogP contribution in [-0.2, 0) is 11.2 Å². The summed E-state index contributed by atoms with van der Waals surface area (Å²) >= 11 is 12.1. The Morgan fingerprint density at radius 2 is 2.09 bits per heavy atom. The molecule has 0 aliphatic carbocycles. The molecule has 1 aromatic heterocycles. The summed E-state index contributed by atoms with van der Waals surface area (Å²) in [6.45, 7) is 1.84. The second kappa shape index (κ2) is 8.39. The number of benzene rings is 1. The van der Waals surface area contributed by atoms with Crippen LogP contribution in [0.15, 0.2) is 41.0 Å². The van der Waals surface area contributed by atoms with Crippen molar-refractivity contribution in [2.45, 2.75) is 38.3 Å². The zero-order valence-electron chi connectivity index (χ0n) is 12.8. The van der Waals surface area contributed by atoms with Crippen molar-refractivity contribution in [1.82, 2.24) is 5.32 Å². The number of hydrogen-bond donors (Lipinski definition) is 2. The molecule has 0 spiro atoms. The molecule has 0 fully saturated rings. The molecular formula is C17H19Cl2NO3. The SMILES string of the molecule is C[C@@H](C[C@@H](O)c1ccco1)NC(=O)CCc1cccc(Cl)c1Cl. The molecule has 0 aliphatic rings. The minimum absolute atomic E-state index is 0.0970. The third-order valence-corrected chi connectivity index (χ3v) is 4.37. The first-order valence-electron chi connectivity index (χ1n) is 7.41. The van der Waals surface area contributed by atoms with E-state index in [2.05, 4.69) is 5.32 Å². The van der Waals surface area contributed by atoms with Gasteiger partial charge >= 0.3 is 0 Å². The molecule has 1 aromatic carbocycles. The molecule has 4 nitrogen and oxygen atoms in total. The molecular weight excluding hydrogens is 337 g/mol. The summed E-state index contributed by atoms with van der Waals surface area (Å²) in [4.78, 5) is 12.0. The van der Waals surface area contributed by atoms with Gasteiger partial charge in [-0.15, -0.1) is 0 Å². The molecule has 2 N–H and O–H groups in total. The first kappa shape index (κ1) is 17.9. The zero-order chi connectivity index (χ0) is 16.8. The third kappa shape index (κ3) is 5.27. The number of carbonyl (C=O) groups excluding carboxylic acids is 1. The van der Waals surface area contributed by atoms with E-state index in [9.17, 15) is 9.90 Å². The Morgan fingerprint density at radius 3 is 2.78 bits per heavy atom. The molecule has 2 aromatic rings. The van der Waals surface area contributed by atoms with E-state index in [1.165, 1.54) is 6.26 Å². The summed E-state index contributed by atoms with van der Waals surface area (Å²) in [5, 5.41) is 13.8. The Balaban J connectivity index is 1.79. The normalized spacial score (nSPS) is 13.6. The average molecular weight is 356 g/mol. The Labute approximate surface area is 145 Å². The molecule has 124 valence electrons. The number of rotatable bonds is 7. The van der Waals surface area contributed by atoms with Crippen molar-refractivity contribution in [2.24, 2.45) is 0 Å². The Bertz CT molecular complexity index is 643. The predicted octanol–water partition coefficient (Wildman–Crippen LogP) is 4.15. The van der Waals surface area contributed by atoms with Crippen LogP contribution >= 0.6 is 23.2 Å². The highest BCUT2D eigenvalue weighted by Crippen LogP contribution is 2.26. The van der Waals surface area contributed by atoms with E-state index in [0.717, 1.165) is 5.56 Å². The van der Waals surface area contributed by atoms with E-state index >= 15 is 0 Å². The van der Waals surface area contributed by atoms with E-state index < -0.39 is 6.10 Å². The maximum Gasteiger partial charge on any atom is 0.220 e. The number of carbonyl (C=O) groups is 1. The Kier molecular flexibility index (Phi) is 6.51. The molecule has 0 radical (unpaired) electrons. The zero-order valence-corrected chi connectivity index (χ0v) is 14.3. The van der Waals surface area contributed by atoms with Crippen LogP contribution in [0.2, 0.25) is 10.0 Å². The highest BCUT2D eigenvalue weighted by Gasteiger charge is 2.16. The molecule has 0 unspecified atom stereocenters. The van der Waals surface area contributed by atoms with Crippen molar-refractivity contribution in [2.75, 3.05) is 0 Å². The van der Waals surface area contributed by atoms with Crippen LogP contribution in [0, 0.1) is 0 Å². The summed E-state index contributed by atoms with van der Waals surface area (Å²) < 4.78 is 5.14. The molecule has 0 saturated heterocycles. The number of hydrogen-bond acceptors (Lipinski definition) is 3. The fraction of sp³-hybridized carbons (Fsp3) is 0.353. The minimum atomic E-state index is -0.734. The number of aliphatic hydroxyl groups is 1. The fourth-order valence-electron chi connectivity index (χ4n) is 2.33. The summed E-state index contributed by atoms with van der Waals surface area (Å²) in [7, 11) is 0. The van der Waals surface area contributed by atoms with Crippen LogP contribution in [0.25, 0.3) is 0 Å². The van der Waals surface area contributed by atoms with Crippen LogP contribution in [0.5, 0.6) is 0 Å². The number of halogens is 2. The molecule has 2 rings (SSSR count).